The Balaban J connectivity index is 2.14. The number of anilines is 1. The lowest BCUT2D eigenvalue weighted by molar-refractivity contribution is 0.312. The van der Waals surface area contributed by atoms with Crippen LogP contribution in [0.1, 0.15) is 39.2 Å². The maximum Gasteiger partial charge on any atom is 0.143 e. The molecule has 3 rings (SSSR count). The predicted octanol–water partition coefficient (Wildman–Crippen LogP) is 3.72. The van der Waals surface area contributed by atoms with E-state index in [-0.39, 0.29) is 21.8 Å². The Bertz CT molecular complexity index is 530. The lowest BCUT2D eigenvalue weighted by atomic mass is 9.75. The van der Waals surface area contributed by atoms with Gasteiger partial charge >= 0.3 is 0 Å². The number of rotatable bonds is 0. The van der Waals surface area contributed by atoms with Crippen LogP contribution in [0.25, 0.3) is 0 Å². The number of piperidine rings is 1. The van der Waals surface area contributed by atoms with Crippen molar-refractivity contribution in [1.29, 1.82) is 0 Å². The number of nitrogens with one attached hydrogen (secondary N) is 1. The van der Waals surface area contributed by atoms with Gasteiger partial charge in [0.2, 0.25) is 0 Å². The largest absolute Gasteiger partial charge is 0.365 e. The van der Waals surface area contributed by atoms with E-state index in [4.69, 9.17) is 11.6 Å². The van der Waals surface area contributed by atoms with E-state index in [1.165, 1.54) is 5.56 Å². The molecule has 0 saturated carbocycles. The van der Waals surface area contributed by atoms with E-state index in [2.05, 4.69) is 31.0 Å². The molecule has 2 heterocycles. The lowest BCUT2D eigenvalue weighted by Gasteiger charge is -2.39. The maximum atomic E-state index is 13.9. The van der Waals surface area contributed by atoms with Crippen molar-refractivity contribution in [3.05, 3.63) is 28.5 Å². The molecule has 110 valence electrons. The van der Waals surface area contributed by atoms with E-state index >= 15 is 0 Å². The fraction of sp³-hybridized carbons (Fsp3) is 0.625. The Hall–Kier alpha value is -0.800. The van der Waals surface area contributed by atoms with Crippen LogP contribution < -0.4 is 10.2 Å². The highest BCUT2D eigenvalue weighted by atomic mass is 35.5. The Kier molecular flexibility index (Phi) is 3.26. The first-order chi connectivity index (χ1) is 9.33. The van der Waals surface area contributed by atoms with Gasteiger partial charge in [-0.3, -0.25) is 0 Å². The van der Waals surface area contributed by atoms with Gasteiger partial charge in [-0.05, 0) is 64.4 Å². The van der Waals surface area contributed by atoms with Crippen LogP contribution in [-0.2, 0) is 5.41 Å². The molecular weight excluding hydrogens is 275 g/mol. The van der Waals surface area contributed by atoms with Gasteiger partial charge in [0.15, 0.2) is 0 Å². The SMILES string of the molecule is CC(C)(C)N1CC2(CCNCC2)c2cc(Cl)c(F)cc21. The first-order valence-electron chi connectivity index (χ1n) is 7.31. The number of fused-ring (bicyclic) bond motifs is 2. The molecule has 20 heavy (non-hydrogen) atoms. The van der Waals surface area contributed by atoms with Crippen LogP contribution in [0.5, 0.6) is 0 Å². The van der Waals surface area contributed by atoms with Crippen LogP contribution in [-0.4, -0.2) is 25.2 Å². The molecule has 0 aromatic heterocycles. The first kappa shape index (κ1) is 14.2. The first-order valence-corrected chi connectivity index (χ1v) is 7.69. The van der Waals surface area contributed by atoms with Gasteiger partial charge in [-0.2, -0.15) is 0 Å². The Morgan fingerprint density at radius 1 is 1.25 bits per heavy atom. The molecule has 1 spiro atoms. The van der Waals surface area contributed by atoms with Gasteiger partial charge in [0.05, 0.1) is 5.02 Å². The summed E-state index contributed by atoms with van der Waals surface area (Å²) >= 11 is 6.05. The van der Waals surface area contributed by atoms with Crippen molar-refractivity contribution in [3.8, 4) is 0 Å². The van der Waals surface area contributed by atoms with Crippen molar-refractivity contribution in [3.63, 3.8) is 0 Å². The molecule has 0 aliphatic carbocycles. The van der Waals surface area contributed by atoms with E-state index in [0.717, 1.165) is 38.2 Å². The average molecular weight is 297 g/mol. The summed E-state index contributed by atoms with van der Waals surface area (Å²) in [6, 6.07) is 3.49. The van der Waals surface area contributed by atoms with Gasteiger partial charge < -0.3 is 10.2 Å². The minimum atomic E-state index is -0.314. The standard InChI is InChI=1S/C16H22ClFN2/c1-15(2,3)20-10-16(4-6-19-7-5-16)11-8-12(17)13(18)9-14(11)20/h8-9,19H,4-7,10H2,1-3H3. The minimum absolute atomic E-state index is 0.0105. The molecule has 4 heteroatoms. The van der Waals surface area contributed by atoms with Gasteiger partial charge in [-0.25, -0.2) is 4.39 Å². The van der Waals surface area contributed by atoms with Crippen molar-refractivity contribution >= 4 is 17.3 Å². The molecule has 0 amide bonds. The van der Waals surface area contributed by atoms with Gasteiger partial charge in [0, 0.05) is 23.2 Å². The van der Waals surface area contributed by atoms with Crippen LogP contribution in [0.3, 0.4) is 0 Å². The highest BCUT2D eigenvalue weighted by Gasteiger charge is 2.46. The molecule has 0 unspecified atom stereocenters. The molecule has 1 N–H and O–H groups in total. The smallest absolute Gasteiger partial charge is 0.143 e. The highest BCUT2D eigenvalue weighted by Crippen LogP contribution is 2.49. The monoisotopic (exact) mass is 296 g/mol. The molecule has 1 fully saturated rings. The summed E-state index contributed by atoms with van der Waals surface area (Å²) in [7, 11) is 0. The van der Waals surface area contributed by atoms with Crippen LogP contribution in [0, 0.1) is 5.82 Å². The van der Waals surface area contributed by atoms with Crippen molar-refractivity contribution in [2.75, 3.05) is 24.5 Å². The third kappa shape index (κ3) is 2.11. The fourth-order valence-electron chi connectivity index (χ4n) is 3.59. The van der Waals surface area contributed by atoms with Gasteiger partial charge in [-0.1, -0.05) is 11.6 Å². The topological polar surface area (TPSA) is 15.3 Å². The average Bonchev–Trinajstić information content (AvgIpc) is 2.66. The summed E-state index contributed by atoms with van der Waals surface area (Å²) in [4.78, 5) is 2.34. The zero-order valence-corrected chi connectivity index (χ0v) is 13.1. The Morgan fingerprint density at radius 2 is 1.90 bits per heavy atom. The number of benzene rings is 1. The third-order valence-electron chi connectivity index (χ3n) is 4.73. The van der Waals surface area contributed by atoms with Crippen molar-refractivity contribution < 1.29 is 4.39 Å². The summed E-state index contributed by atoms with van der Waals surface area (Å²) in [6.07, 6.45) is 2.18. The van der Waals surface area contributed by atoms with E-state index < -0.39 is 0 Å². The molecule has 0 radical (unpaired) electrons. The second-order valence-electron chi connectivity index (χ2n) is 7.07. The quantitative estimate of drug-likeness (QED) is 0.785. The van der Waals surface area contributed by atoms with Crippen LogP contribution in [0.4, 0.5) is 10.1 Å². The Labute approximate surface area is 125 Å². The highest BCUT2D eigenvalue weighted by molar-refractivity contribution is 6.31. The zero-order chi connectivity index (χ0) is 14.5. The number of hydrogen-bond donors (Lipinski definition) is 1. The van der Waals surface area contributed by atoms with Gasteiger partial charge in [-0.15, -0.1) is 0 Å². The van der Waals surface area contributed by atoms with Crippen LogP contribution >= 0.6 is 11.6 Å². The molecular formula is C16H22ClFN2. The normalized spacial score (nSPS) is 21.4. The van der Waals surface area contributed by atoms with Crippen molar-refractivity contribution in [2.45, 2.75) is 44.6 Å². The number of hydrogen-bond acceptors (Lipinski definition) is 2. The third-order valence-corrected chi connectivity index (χ3v) is 5.02. The predicted molar refractivity (Wildman–Crippen MR) is 82.3 cm³/mol. The minimum Gasteiger partial charge on any atom is -0.365 e. The summed E-state index contributed by atoms with van der Waals surface area (Å²) in [5.41, 5.74) is 2.39. The Morgan fingerprint density at radius 3 is 2.50 bits per heavy atom. The van der Waals surface area contributed by atoms with E-state index in [9.17, 15) is 4.39 Å². The van der Waals surface area contributed by atoms with Crippen molar-refractivity contribution in [1.82, 2.24) is 5.32 Å². The van der Waals surface area contributed by atoms with E-state index in [1.807, 2.05) is 6.07 Å². The second-order valence-corrected chi connectivity index (χ2v) is 7.48. The summed E-state index contributed by atoms with van der Waals surface area (Å²) in [5.74, 6) is -0.314. The molecule has 1 aromatic carbocycles. The lowest BCUT2D eigenvalue weighted by Crippen LogP contribution is -2.47. The second kappa shape index (κ2) is 4.60. The molecule has 2 nitrogen and oxygen atoms in total. The number of halogens is 2. The molecule has 2 aliphatic rings. The van der Waals surface area contributed by atoms with Crippen LogP contribution in [0.15, 0.2) is 12.1 Å². The molecule has 0 bridgehead atoms. The number of nitrogens with zero attached hydrogens (tertiary/aromatic N) is 1. The molecule has 1 aromatic rings. The van der Waals surface area contributed by atoms with Crippen LogP contribution in [0.2, 0.25) is 5.02 Å². The summed E-state index contributed by atoms with van der Waals surface area (Å²) < 4.78 is 13.9. The zero-order valence-electron chi connectivity index (χ0n) is 12.4. The fourth-order valence-corrected chi connectivity index (χ4v) is 3.75. The summed E-state index contributed by atoms with van der Waals surface area (Å²) in [6.45, 7) is 9.56. The maximum absolute atomic E-state index is 13.9. The van der Waals surface area contributed by atoms with E-state index in [0.29, 0.717) is 0 Å². The molecule has 0 atom stereocenters. The van der Waals surface area contributed by atoms with E-state index in [1.54, 1.807) is 6.07 Å². The molecule has 2 aliphatic heterocycles. The van der Waals surface area contributed by atoms with Crippen molar-refractivity contribution in [2.24, 2.45) is 0 Å². The van der Waals surface area contributed by atoms with Gasteiger partial charge in [0.25, 0.3) is 0 Å². The van der Waals surface area contributed by atoms with Gasteiger partial charge in [0.1, 0.15) is 5.82 Å². The molecule has 1 saturated heterocycles. The summed E-state index contributed by atoms with van der Waals surface area (Å²) in [5, 5.41) is 3.67.